The Hall–Kier alpha value is -3.61. The van der Waals surface area contributed by atoms with Gasteiger partial charge in [0.05, 0.1) is 12.3 Å². The molecule has 2 atom stereocenters. The third kappa shape index (κ3) is 4.77. The number of carbonyl (C=O) groups is 2. The molecule has 2 heterocycles. The second-order valence-electron chi connectivity index (χ2n) is 7.95. The summed E-state index contributed by atoms with van der Waals surface area (Å²) in [5, 5.41) is 2.79. The highest BCUT2D eigenvalue weighted by molar-refractivity contribution is 5.92. The molecule has 2 amide bonds. The van der Waals surface area contributed by atoms with E-state index in [4.69, 9.17) is 9.15 Å². The van der Waals surface area contributed by atoms with Gasteiger partial charge >= 0.3 is 0 Å². The van der Waals surface area contributed by atoms with Crippen LogP contribution in [0.4, 0.5) is 4.39 Å². The highest BCUT2D eigenvalue weighted by Gasteiger charge is 2.34. The zero-order valence-corrected chi connectivity index (χ0v) is 18.7. The van der Waals surface area contributed by atoms with Gasteiger partial charge in [0.2, 0.25) is 0 Å². The Bertz CT molecular complexity index is 1110. The number of nitrogens with zero attached hydrogens (tertiary/aromatic N) is 1. The van der Waals surface area contributed by atoms with Crippen molar-refractivity contribution < 1.29 is 23.1 Å². The molecule has 1 N–H and O–H groups in total. The molecule has 2 aromatic carbocycles. The van der Waals surface area contributed by atoms with Crippen LogP contribution in [0, 0.1) is 5.82 Å². The zero-order valence-electron chi connectivity index (χ0n) is 18.7. The monoisotopic (exact) mass is 450 g/mol. The molecule has 0 aliphatic carbocycles. The van der Waals surface area contributed by atoms with Crippen LogP contribution in [0.3, 0.4) is 0 Å². The normalized spacial score (nSPS) is 16.1. The topological polar surface area (TPSA) is 71.8 Å². The molecule has 0 spiro atoms. The molecule has 0 saturated heterocycles. The standard InChI is InChI=1S/C26H27FN2O4/c1-3-22(25(30)28-4-2)33-20-12-9-17-13-14-29(26(31)23-6-5-15-32-23)24(21(17)16-20)18-7-10-19(27)11-8-18/h5-12,15-16,22,24H,3-4,13-14H2,1-2H3,(H,28,30)/t22-,24+/m1/s1. The number of hydrogen-bond donors (Lipinski definition) is 1. The summed E-state index contributed by atoms with van der Waals surface area (Å²) < 4.78 is 25.0. The van der Waals surface area contributed by atoms with Gasteiger partial charge < -0.3 is 19.4 Å². The van der Waals surface area contributed by atoms with Crippen molar-refractivity contribution >= 4 is 11.8 Å². The highest BCUT2D eigenvalue weighted by atomic mass is 19.1. The first-order chi connectivity index (χ1) is 16.0. The van der Waals surface area contributed by atoms with E-state index >= 15 is 0 Å². The second kappa shape index (κ2) is 9.90. The number of likely N-dealkylation sites (N-methyl/N-ethyl adjacent to an activating group) is 1. The van der Waals surface area contributed by atoms with E-state index in [0.29, 0.717) is 31.7 Å². The second-order valence-corrected chi connectivity index (χ2v) is 7.95. The van der Waals surface area contributed by atoms with Gasteiger partial charge in [-0.2, -0.15) is 0 Å². The van der Waals surface area contributed by atoms with Crippen molar-refractivity contribution in [1.29, 1.82) is 0 Å². The lowest BCUT2D eigenvalue weighted by molar-refractivity contribution is -0.128. The summed E-state index contributed by atoms with van der Waals surface area (Å²) in [6, 6.07) is 14.7. The molecule has 4 rings (SSSR count). The average Bonchev–Trinajstić information content (AvgIpc) is 3.37. The van der Waals surface area contributed by atoms with Gasteiger partial charge in [-0.1, -0.05) is 25.1 Å². The van der Waals surface area contributed by atoms with Gasteiger partial charge in [-0.05, 0) is 72.9 Å². The third-order valence-corrected chi connectivity index (χ3v) is 5.82. The summed E-state index contributed by atoms with van der Waals surface area (Å²) in [4.78, 5) is 27.3. The zero-order chi connectivity index (χ0) is 23.4. The van der Waals surface area contributed by atoms with E-state index in [1.165, 1.54) is 18.4 Å². The molecule has 0 saturated carbocycles. The smallest absolute Gasteiger partial charge is 0.290 e. The Labute approximate surface area is 192 Å². The minimum Gasteiger partial charge on any atom is -0.481 e. The maximum absolute atomic E-state index is 13.7. The van der Waals surface area contributed by atoms with Crippen molar-refractivity contribution in [1.82, 2.24) is 10.2 Å². The number of halogens is 1. The number of nitrogens with one attached hydrogen (secondary N) is 1. The molecule has 0 radical (unpaired) electrons. The van der Waals surface area contributed by atoms with Crippen LogP contribution in [-0.4, -0.2) is 35.9 Å². The minimum absolute atomic E-state index is 0.164. The molecule has 172 valence electrons. The Morgan fingerprint density at radius 3 is 2.64 bits per heavy atom. The number of ether oxygens (including phenoxy) is 1. The first-order valence-corrected chi connectivity index (χ1v) is 11.2. The summed E-state index contributed by atoms with van der Waals surface area (Å²) in [6.45, 7) is 4.77. The maximum atomic E-state index is 13.7. The lowest BCUT2D eigenvalue weighted by atomic mass is 9.87. The van der Waals surface area contributed by atoms with Gasteiger partial charge in [0.1, 0.15) is 11.6 Å². The van der Waals surface area contributed by atoms with Crippen LogP contribution < -0.4 is 10.1 Å². The minimum atomic E-state index is -0.614. The molecule has 0 unspecified atom stereocenters. The summed E-state index contributed by atoms with van der Waals surface area (Å²) in [6.07, 6.45) is 2.04. The number of benzene rings is 2. The van der Waals surface area contributed by atoms with Gasteiger partial charge in [-0.25, -0.2) is 4.39 Å². The third-order valence-electron chi connectivity index (χ3n) is 5.82. The van der Waals surface area contributed by atoms with Crippen molar-refractivity contribution in [3.63, 3.8) is 0 Å². The fourth-order valence-electron chi connectivity index (χ4n) is 4.21. The van der Waals surface area contributed by atoms with E-state index in [1.807, 2.05) is 32.0 Å². The van der Waals surface area contributed by atoms with E-state index in [0.717, 1.165) is 16.7 Å². The lowest BCUT2D eigenvalue weighted by Gasteiger charge is -2.37. The van der Waals surface area contributed by atoms with Gasteiger partial charge in [0.25, 0.3) is 11.8 Å². The molecule has 1 aliphatic heterocycles. The van der Waals surface area contributed by atoms with Crippen LogP contribution in [0.15, 0.2) is 65.3 Å². The highest BCUT2D eigenvalue weighted by Crippen LogP contribution is 2.38. The van der Waals surface area contributed by atoms with Crippen molar-refractivity contribution in [3.8, 4) is 5.75 Å². The molecule has 1 aliphatic rings. The molecule has 33 heavy (non-hydrogen) atoms. The summed E-state index contributed by atoms with van der Waals surface area (Å²) in [5.74, 6) is 0.0532. The van der Waals surface area contributed by atoms with Crippen molar-refractivity contribution in [3.05, 3.63) is 89.1 Å². The summed E-state index contributed by atoms with van der Waals surface area (Å²) in [5.41, 5.74) is 2.74. The molecule has 6 nitrogen and oxygen atoms in total. The first-order valence-electron chi connectivity index (χ1n) is 11.2. The quantitative estimate of drug-likeness (QED) is 0.575. The molecular formula is C26H27FN2O4. The van der Waals surface area contributed by atoms with Gasteiger partial charge in [0, 0.05) is 13.1 Å². The van der Waals surface area contributed by atoms with Crippen molar-refractivity contribution in [2.24, 2.45) is 0 Å². The van der Waals surface area contributed by atoms with E-state index < -0.39 is 12.1 Å². The predicted molar refractivity (Wildman–Crippen MR) is 122 cm³/mol. The Kier molecular flexibility index (Phi) is 6.77. The Morgan fingerprint density at radius 2 is 1.97 bits per heavy atom. The van der Waals surface area contributed by atoms with Gasteiger partial charge in [0.15, 0.2) is 11.9 Å². The van der Waals surface area contributed by atoms with Crippen LogP contribution >= 0.6 is 0 Å². The average molecular weight is 451 g/mol. The fourth-order valence-corrected chi connectivity index (χ4v) is 4.21. The number of hydrogen-bond acceptors (Lipinski definition) is 4. The van der Waals surface area contributed by atoms with Crippen molar-refractivity contribution in [2.75, 3.05) is 13.1 Å². The lowest BCUT2D eigenvalue weighted by Crippen LogP contribution is -2.40. The summed E-state index contributed by atoms with van der Waals surface area (Å²) >= 11 is 0. The van der Waals surface area contributed by atoms with Crippen molar-refractivity contribution in [2.45, 2.75) is 38.8 Å². The molecule has 1 aromatic heterocycles. The van der Waals surface area contributed by atoms with Crippen LogP contribution in [0.1, 0.15) is 53.6 Å². The van der Waals surface area contributed by atoms with Gasteiger partial charge in [-0.3, -0.25) is 9.59 Å². The van der Waals surface area contributed by atoms with Gasteiger partial charge in [-0.15, -0.1) is 0 Å². The number of rotatable bonds is 7. The van der Waals surface area contributed by atoms with Crippen LogP contribution in [0.5, 0.6) is 5.75 Å². The van der Waals surface area contributed by atoms with E-state index in [2.05, 4.69) is 5.32 Å². The Morgan fingerprint density at radius 1 is 1.18 bits per heavy atom. The first kappa shape index (κ1) is 22.6. The van der Waals surface area contributed by atoms with E-state index in [1.54, 1.807) is 29.2 Å². The van der Waals surface area contributed by atoms with E-state index in [-0.39, 0.29) is 23.4 Å². The largest absolute Gasteiger partial charge is 0.481 e. The van der Waals surface area contributed by atoms with Crippen LogP contribution in [0.2, 0.25) is 0 Å². The van der Waals surface area contributed by atoms with E-state index in [9.17, 15) is 14.0 Å². The molecule has 3 aromatic rings. The van der Waals surface area contributed by atoms with Crippen LogP contribution in [-0.2, 0) is 11.2 Å². The Balaban J connectivity index is 1.73. The summed E-state index contributed by atoms with van der Waals surface area (Å²) in [7, 11) is 0. The number of carbonyl (C=O) groups excluding carboxylic acids is 2. The molecule has 0 fully saturated rings. The molecular weight excluding hydrogens is 423 g/mol. The SMILES string of the molecule is CCNC(=O)[C@@H](CC)Oc1ccc2c(c1)[C@H](c1ccc(F)cc1)N(C(=O)c1ccco1)CC2. The maximum Gasteiger partial charge on any atom is 0.290 e. The molecule has 0 bridgehead atoms. The fraction of sp³-hybridized carbons (Fsp3) is 0.308. The van der Waals surface area contributed by atoms with Crippen LogP contribution in [0.25, 0.3) is 0 Å². The molecule has 7 heteroatoms. The predicted octanol–water partition coefficient (Wildman–Crippen LogP) is 4.50. The number of amides is 2. The number of furan rings is 1. The number of fused-ring (bicyclic) bond motifs is 1.